The molecule has 1 aromatic heterocycles. The lowest BCUT2D eigenvalue weighted by Gasteiger charge is -2.23. The maximum Gasteiger partial charge on any atom is 0.232 e. The summed E-state index contributed by atoms with van der Waals surface area (Å²) in [4.78, 5) is 21.7. The number of anilines is 2. The van der Waals surface area contributed by atoms with Crippen molar-refractivity contribution in [2.24, 2.45) is 0 Å². The molecule has 1 fully saturated rings. The Balaban J connectivity index is 1.62. The van der Waals surface area contributed by atoms with E-state index in [0.717, 1.165) is 42.6 Å². The smallest absolute Gasteiger partial charge is 0.232 e. The van der Waals surface area contributed by atoms with Crippen LogP contribution in [0.5, 0.6) is 0 Å². The first kappa shape index (κ1) is 14.2. The van der Waals surface area contributed by atoms with Gasteiger partial charge in [-0.3, -0.25) is 4.79 Å². The van der Waals surface area contributed by atoms with E-state index in [1.807, 2.05) is 43.5 Å². The van der Waals surface area contributed by atoms with Crippen molar-refractivity contribution in [3.8, 4) is 0 Å². The summed E-state index contributed by atoms with van der Waals surface area (Å²) in [6.45, 7) is 2.00. The van der Waals surface area contributed by atoms with Crippen molar-refractivity contribution in [3.63, 3.8) is 0 Å². The number of amides is 1. The molecule has 23 heavy (non-hydrogen) atoms. The Labute approximate surface area is 135 Å². The topological polar surface area (TPSA) is 66.9 Å². The van der Waals surface area contributed by atoms with Crippen molar-refractivity contribution in [1.29, 1.82) is 0 Å². The standard InChI is InChI=1S/C18H20N4O/c1-18(16(23)20-14-7-8-14)10-9-12-11-19-17(22-15(12)18)21-13-5-3-2-4-6-13/h2-6,11,14H,7-10H2,1H3,(H,20,23)(H,19,21,22). The Kier molecular flexibility index (Phi) is 3.29. The molecule has 2 N–H and O–H groups in total. The number of carbonyl (C=O) groups is 1. The zero-order valence-electron chi connectivity index (χ0n) is 13.2. The van der Waals surface area contributed by atoms with E-state index < -0.39 is 5.41 Å². The number of fused-ring (bicyclic) bond motifs is 1. The Hall–Kier alpha value is -2.43. The van der Waals surface area contributed by atoms with E-state index in [2.05, 4.69) is 20.6 Å². The molecule has 1 amide bonds. The number of aromatic nitrogens is 2. The predicted octanol–water partition coefficient (Wildman–Crippen LogP) is 2.70. The first-order valence-corrected chi connectivity index (χ1v) is 8.14. The molecule has 1 heterocycles. The average Bonchev–Trinajstić information content (AvgIpc) is 3.32. The molecule has 0 bridgehead atoms. The number of aryl methyl sites for hydroxylation is 1. The first-order chi connectivity index (χ1) is 11.1. The second-order valence-electron chi connectivity index (χ2n) is 6.64. The van der Waals surface area contributed by atoms with Crippen LogP contribution >= 0.6 is 0 Å². The quantitative estimate of drug-likeness (QED) is 0.911. The van der Waals surface area contributed by atoms with Crippen LogP contribution in [0.25, 0.3) is 0 Å². The molecule has 1 aromatic carbocycles. The molecule has 0 saturated heterocycles. The molecule has 0 spiro atoms. The number of hydrogen-bond donors (Lipinski definition) is 2. The van der Waals surface area contributed by atoms with Crippen LogP contribution in [-0.2, 0) is 16.6 Å². The molecule has 5 nitrogen and oxygen atoms in total. The van der Waals surface area contributed by atoms with Gasteiger partial charge in [0.2, 0.25) is 11.9 Å². The summed E-state index contributed by atoms with van der Waals surface area (Å²) >= 11 is 0. The van der Waals surface area contributed by atoms with Crippen molar-refractivity contribution >= 4 is 17.5 Å². The molecular weight excluding hydrogens is 288 g/mol. The average molecular weight is 308 g/mol. The zero-order chi connectivity index (χ0) is 15.9. The number of benzene rings is 1. The van der Waals surface area contributed by atoms with Gasteiger partial charge < -0.3 is 10.6 Å². The molecule has 1 atom stereocenters. The molecule has 0 aliphatic heterocycles. The van der Waals surface area contributed by atoms with Gasteiger partial charge in [0.15, 0.2) is 0 Å². The summed E-state index contributed by atoms with van der Waals surface area (Å²) in [7, 11) is 0. The lowest BCUT2D eigenvalue weighted by molar-refractivity contribution is -0.126. The lowest BCUT2D eigenvalue weighted by atomic mass is 9.86. The maximum atomic E-state index is 12.7. The van der Waals surface area contributed by atoms with Gasteiger partial charge in [-0.25, -0.2) is 9.97 Å². The van der Waals surface area contributed by atoms with Gasteiger partial charge in [-0.2, -0.15) is 0 Å². The number of carbonyl (C=O) groups excluding carboxylic acids is 1. The minimum atomic E-state index is -0.548. The normalized spacial score (nSPS) is 22.5. The van der Waals surface area contributed by atoms with Gasteiger partial charge >= 0.3 is 0 Å². The minimum Gasteiger partial charge on any atom is -0.353 e. The number of nitrogens with one attached hydrogen (secondary N) is 2. The second kappa shape index (κ2) is 5.33. The van der Waals surface area contributed by atoms with Gasteiger partial charge in [-0.15, -0.1) is 0 Å². The zero-order valence-corrected chi connectivity index (χ0v) is 13.2. The van der Waals surface area contributed by atoms with Crippen molar-refractivity contribution in [1.82, 2.24) is 15.3 Å². The lowest BCUT2D eigenvalue weighted by Crippen LogP contribution is -2.42. The monoisotopic (exact) mass is 308 g/mol. The first-order valence-electron chi connectivity index (χ1n) is 8.14. The summed E-state index contributed by atoms with van der Waals surface area (Å²) in [5.41, 5.74) is 2.34. The highest BCUT2D eigenvalue weighted by Crippen LogP contribution is 2.38. The van der Waals surface area contributed by atoms with Crippen LogP contribution in [0.15, 0.2) is 36.5 Å². The third-order valence-corrected chi connectivity index (χ3v) is 4.73. The van der Waals surface area contributed by atoms with Crippen LogP contribution in [-0.4, -0.2) is 21.9 Å². The number of para-hydroxylation sites is 1. The van der Waals surface area contributed by atoms with Gasteiger partial charge in [-0.05, 0) is 50.3 Å². The maximum absolute atomic E-state index is 12.7. The Morgan fingerprint density at radius 2 is 2.04 bits per heavy atom. The molecule has 2 aliphatic carbocycles. The SMILES string of the molecule is CC1(C(=O)NC2CC2)CCc2cnc(Nc3ccccc3)nc21. The van der Waals surface area contributed by atoms with Gasteiger partial charge in [0.1, 0.15) is 0 Å². The second-order valence-corrected chi connectivity index (χ2v) is 6.64. The highest BCUT2D eigenvalue weighted by molar-refractivity contribution is 5.89. The van der Waals surface area contributed by atoms with Gasteiger partial charge in [-0.1, -0.05) is 18.2 Å². The Morgan fingerprint density at radius 1 is 1.26 bits per heavy atom. The number of nitrogens with zero attached hydrogens (tertiary/aromatic N) is 2. The van der Waals surface area contributed by atoms with E-state index in [9.17, 15) is 4.79 Å². The van der Waals surface area contributed by atoms with E-state index in [-0.39, 0.29) is 5.91 Å². The van der Waals surface area contributed by atoms with Crippen LogP contribution in [0.3, 0.4) is 0 Å². The summed E-state index contributed by atoms with van der Waals surface area (Å²) in [5, 5.41) is 6.34. The highest BCUT2D eigenvalue weighted by Gasteiger charge is 2.44. The van der Waals surface area contributed by atoms with Crippen molar-refractivity contribution in [2.75, 3.05) is 5.32 Å². The van der Waals surface area contributed by atoms with Crippen LogP contribution < -0.4 is 10.6 Å². The predicted molar refractivity (Wildman–Crippen MR) is 88.6 cm³/mol. The van der Waals surface area contributed by atoms with Crippen LogP contribution in [0.2, 0.25) is 0 Å². The van der Waals surface area contributed by atoms with Crippen LogP contribution in [0.4, 0.5) is 11.6 Å². The van der Waals surface area contributed by atoms with E-state index in [1.165, 1.54) is 0 Å². The summed E-state index contributed by atoms with van der Waals surface area (Å²) in [5.74, 6) is 0.644. The fourth-order valence-electron chi connectivity index (χ4n) is 3.07. The van der Waals surface area contributed by atoms with Crippen molar-refractivity contribution in [2.45, 2.75) is 44.1 Å². The highest BCUT2D eigenvalue weighted by atomic mass is 16.2. The van der Waals surface area contributed by atoms with Crippen molar-refractivity contribution < 1.29 is 4.79 Å². The molecule has 2 aliphatic rings. The fraction of sp³-hybridized carbons (Fsp3) is 0.389. The Morgan fingerprint density at radius 3 is 2.78 bits per heavy atom. The summed E-state index contributed by atoms with van der Waals surface area (Å²) in [6, 6.07) is 10.2. The molecule has 118 valence electrons. The van der Waals surface area contributed by atoms with Crippen LogP contribution in [0.1, 0.15) is 37.4 Å². The van der Waals surface area contributed by atoms with E-state index >= 15 is 0 Å². The third kappa shape index (κ3) is 2.67. The third-order valence-electron chi connectivity index (χ3n) is 4.73. The molecule has 1 unspecified atom stereocenters. The number of rotatable bonds is 4. The molecule has 1 saturated carbocycles. The van der Waals surface area contributed by atoms with E-state index in [0.29, 0.717) is 12.0 Å². The van der Waals surface area contributed by atoms with E-state index in [1.54, 1.807) is 0 Å². The molecule has 0 radical (unpaired) electrons. The van der Waals surface area contributed by atoms with Crippen molar-refractivity contribution in [3.05, 3.63) is 47.8 Å². The number of hydrogen-bond acceptors (Lipinski definition) is 4. The van der Waals surface area contributed by atoms with E-state index in [4.69, 9.17) is 0 Å². The molecule has 2 aromatic rings. The molecular formula is C18H20N4O. The van der Waals surface area contributed by atoms with Crippen LogP contribution in [0, 0.1) is 0 Å². The molecule has 4 rings (SSSR count). The Bertz CT molecular complexity index is 742. The fourth-order valence-corrected chi connectivity index (χ4v) is 3.07. The summed E-state index contributed by atoms with van der Waals surface area (Å²) < 4.78 is 0. The van der Waals surface area contributed by atoms with Gasteiger partial charge in [0.25, 0.3) is 0 Å². The van der Waals surface area contributed by atoms with Gasteiger partial charge in [0.05, 0.1) is 11.1 Å². The molecule has 5 heteroatoms. The largest absolute Gasteiger partial charge is 0.353 e. The van der Waals surface area contributed by atoms with Gasteiger partial charge in [0, 0.05) is 17.9 Å². The summed E-state index contributed by atoms with van der Waals surface area (Å²) in [6.07, 6.45) is 5.70. The minimum absolute atomic E-state index is 0.100.